The molecule has 1 amide bonds. The minimum atomic E-state index is -0.187. The van der Waals surface area contributed by atoms with Gasteiger partial charge in [0.1, 0.15) is 0 Å². The Morgan fingerprint density at radius 2 is 1.79 bits per heavy atom. The van der Waals surface area contributed by atoms with Gasteiger partial charge < -0.3 is 5.32 Å². The Morgan fingerprint density at radius 3 is 2.46 bits per heavy atom. The average molecular weight is 322 g/mol. The average Bonchev–Trinajstić information content (AvgIpc) is 2.58. The fraction of sp³-hybridized carbons (Fsp3) is 0.222. The summed E-state index contributed by atoms with van der Waals surface area (Å²) in [4.78, 5) is 28.7. The van der Waals surface area contributed by atoms with Crippen LogP contribution in [0.5, 0.6) is 0 Å². The molecular formula is C18H18N4O2. The highest BCUT2D eigenvalue weighted by molar-refractivity contribution is 5.95. The normalized spacial score (nSPS) is 11.0. The highest BCUT2D eigenvalue weighted by atomic mass is 16.1. The van der Waals surface area contributed by atoms with Crippen LogP contribution in [0.2, 0.25) is 0 Å². The van der Waals surface area contributed by atoms with E-state index in [0.717, 1.165) is 0 Å². The van der Waals surface area contributed by atoms with Crippen LogP contribution in [0.15, 0.2) is 53.6 Å². The van der Waals surface area contributed by atoms with E-state index < -0.39 is 0 Å². The van der Waals surface area contributed by atoms with Crippen molar-refractivity contribution in [3.8, 4) is 0 Å². The Morgan fingerprint density at radius 1 is 1.12 bits per heavy atom. The van der Waals surface area contributed by atoms with Crippen molar-refractivity contribution in [1.82, 2.24) is 14.8 Å². The number of hydrogen-bond acceptors (Lipinski definition) is 4. The van der Waals surface area contributed by atoms with E-state index >= 15 is 0 Å². The van der Waals surface area contributed by atoms with E-state index in [1.54, 1.807) is 30.6 Å². The molecule has 6 heteroatoms. The Kier molecular flexibility index (Phi) is 4.37. The molecule has 0 unspecified atom stereocenters. The monoisotopic (exact) mass is 322 g/mol. The van der Waals surface area contributed by atoms with Gasteiger partial charge in [-0.2, -0.15) is 5.10 Å². The topological polar surface area (TPSA) is 76.9 Å². The second-order valence-electron chi connectivity index (χ2n) is 5.80. The molecule has 122 valence electrons. The molecule has 0 spiro atoms. The largest absolute Gasteiger partial charge is 0.326 e. The van der Waals surface area contributed by atoms with Gasteiger partial charge in [0.25, 0.3) is 5.56 Å². The minimum absolute atomic E-state index is 0.0795. The van der Waals surface area contributed by atoms with Gasteiger partial charge in [0, 0.05) is 23.5 Å². The predicted octanol–water partition coefficient (Wildman–Crippen LogP) is 2.55. The summed E-state index contributed by atoms with van der Waals surface area (Å²) in [6.07, 6.45) is 3.32. The molecule has 2 aromatic heterocycles. The Balaban J connectivity index is 1.98. The first-order valence-electron chi connectivity index (χ1n) is 7.76. The quantitative estimate of drug-likeness (QED) is 0.801. The van der Waals surface area contributed by atoms with Crippen LogP contribution < -0.4 is 10.9 Å². The van der Waals surface area contributed by atoms with Gasteiger partial charge in [-0.25, -0.2) is 4.68 Å². The van der Waals surface area contributed by atoms with E-state index in [1.807, 2.05) is 32.0 Å². The summed E-state index contributed by atoms with van der Waals surface area (Å²) in [6.45, 7) is 3.79. The molecule has 0 saturated carbocycles. The number of carbonyl (C=O) groups is 1. The van der Waals surface area contributed by atoms with E-state index in [4.69, 9.17) is 0 Å². The van der Waals surface area contributed by atoms with E-state index in [0.29, 0.717) is 22.2 Å². The van der Waals surface area contributed by atoms with Crippen LogP contribution >= 0.6 is 0 Å². The molecule has 0 radical (unpaired) electrons. The molecule has 2 heterocycles. The number of carbonyl (C=O) groups excluding carboxylic acids is 1. The molecular weight excluding hydrogens is 304 g/mol. The van der Waals surface area contributed by atoms with Crippen LogP contribution in [0.25, 0.3) is 10.8 Å². The fourth-order valence-electron chi connectivity index (χ4n) is 2.55. The number of hydrogen-bond donors (Lipinski definition) is 1. The highest BCUT2D eigenvalue weighted by Gasteiger charge is 2.15. The third-order valence-electron chi connectivity index (χ3n) is 3.69. The lowest BCUT2D eigenvalue weighted by molar-refractivity contribution is -0.115. The minimum Gasteiger partial charge on any atom is -0.326 e. The van der Waals surface area contributed by atoms with Gasteiger partial charge in [0.05, 0.1) is 23.5 Å². The summed E-state index contributed by atoms with van der Waals surface area (Å²) >= 11 is 0. The number of nitrogens with zero attached hydrogens (tertiary/aromatic N) is 3. The summed E-state index contributed by atoms with van der Waals surface area (Å²) < 4.78 is 1.43. The van der Waals surface area contributed by atoms with Gasteiger partial charge in [0.15, 0.2) is 0 Å². The zero-order valence-corrected chi connectivity index (χ0v) is 13.6. The lowest BCUT2D eigenvalue weighted by atomic mass is 10.1. The molecule has 0 saturated heterocycles. The predicted molar refractivity (Wildman–Crippen MR) is 93.0 cm³/mol. The number of fused-ring (bicyclic) bond motifs is 1. The Bertz CT molecular complexity index is 933. The molecule has 3 aromatic rings. The molecule has 3 rings (SSSR count). The van der Waals surface area contributed by atoms with E-state index in [1.165, 1.54) is 4.68 Å². The molecule has 0 aliphatic heterocycles. The maximum Gasteiger partial charge on any atom is 0.274 e. The highest BCUT2D eigenvalue weighted by Crippen LogP contribution is 2.16. The SMILES string of the molecule is CC(C)n1nc(CC(=O)Nc2ccncc2)c2ccccc2c1=O. The van der Waals surface area contributed by atoms with Gasteiger partial charge in [-0.05, 0) is 32.0 Å². The van der Waals surface area contributed by atoms with Gasteiger partial charge in [-0.1, -0.05) is 18.2 Å². The number of rotatable bonds is 4. The van der Waals surface area contributed by atoms with Crippen LogP contribution in [0.3, 0.4) is 0 Å². The van der Waals surface area contributed by atoms with Crippen molar-refractivity contribution < 1.29 is 4.79 Å². The second-order valence-corrected chi connectivity index (χ2v) is 5.80. The number of nitrogens with one attached hydrogen (secondary N) is 1. The van der Waals surface area contributed by atoms with Crippen LogP contribution in [-0.2, 0) is 11.2 Å². The van der Waals surface area contributed by atoms with Gasteiger partial charge in [-0.15, -0.1) is 0 Å². The lowest BCUT2D eigenvalue weighted by Gasteiger charge is -2.13. The first-order chi connectivity index (χ1) is 11.6. The molecule has 0 fully saturated rings. The molecule has 0 aliphatic rings. The third kappa shape index (κ3) is 3.17. The zero-order chi connectivity index (χ0) is 17.1. The van der Waals surface area contributed by atoms with E-state index in [-0.39, 0.29) is 23.9 Å². The van der Waals surface area contributed by atoms with Crippen molar-refractivity contribution in [3.63, 3.8) is 0 Å². The molecule has 0 aliphatic carbocycles. The summed E-state index contributed by atoms with van der Waals surface area (Å²) in [5, 5.41) is 8.51. The number of pyridine rings is 1. The zero-order valence-electron chi connectivity index (χ0n) is 13.6. The van der Waals surface area contributed by atoms with Crippen molar-refractivity contribution >= 4 is 22.4 Å². The lowest BCUT2D eigenvalue weighted by Crippen LogP contribution is -2.27. The molecule has 0 atom stereocenters. The van der Waals surface area contributed by atoms with Crippen molar-refractivity contribution in [2.45, 2.75) is 26.3 Å². The summed E-state index contributed by atoms with van der Waals surface area (Å²) in [5.41, 5.74) is 1.13. The summed E-state index contributed by atoms with van der Waals surface area (Å²) in [6, 6.07) is 10.6. The van der Waals surface area contributed by atoms with E-state index in [2.05, 4.69) is 15.4 Å². The number of benzene rings is 1. The first-order valence-corrected chi connectivity index (χ1v) is 7.76. The summed E-state index contributed by atoms with van der Waals surface area (Å²) in [5.74, 6) is -0.187. The summed E-state index contributed by atoms with van der Waals surface area (Å²) in [7, 11) is 0. The Labute approximate surface area is 139 Å². The van der Waals surface area contributed by atoms with Crippen LogP contribution in [0, 0.1) is 0 Å². The first kappa shape index (κ1) is 15.9. The molecule has 1 N–H and O–H groups in total. The van der Waals surface area contributed by atoms with Crippen LogP contribution in [-0.4, -0.2) is 20.7 Å². The molecule has 0 bridgehead atoms. The molecule has 1 aromatic carbocycles. The molecule has 24 heavy (non-hydrogen) atoms. The van der Waals surface area contributed by atoms with Crippen molar-refractivity contribution in [1.29, 1.82) is 0 Å². The standard InChI is InChI=1S/C18H18N4O2/c1-12(2)22-18(24)15-6-4-3-5-14(15)16(21-22)11-17(23)20-13-7-9-19-10-8-13/h3-10,12H,11H2,1-2H3,(H,19,20,23). The maximum atomic E-state index is 12.5. The number of aromatic nitrogens is 3. The number of anilines is 1. The second kappa shape index (κ2) is 6.62. The van der Waals surface area contributed by atoms with Crippen molar-refractivity contribution in [2.75, 3.05) is 5.32 Å². The maximum absolute atomic E-state index is 12.5. The Hall–Kier alpha value is -3.02. The van der Waals surface area contributed by atoms with Gasteiger partial charge >= 0.3 is 0 Å². The van der Waals surface area contributed by atoms with Gasteiger partial charge in [0.2, 0.25) is 5.91 Å². The number of amides is 1. The molecule has 6 nitrogen and oxygen atoms in total. The third-order valence-corrected chi connectivity index (χ3v) is 3.69. The van der Waals surface area contributed by atoms with Gasteiger partial charge in [-0.3, -0.25) is 14.6 Å². The fourth-order valence-corrected chi connectivity index (χ4v) is 2.55. The van der Waals surface area contributed by atoms with Crippen molar-refractivity contribution in [2.24, 2.45) is 0 Å². The smallest absolute Gasteiger partial charge is 0.274 e. The van der Waals surface area contributed by atoms with E-state index in [9.17, 15) is 9.59 Å². The van der Waals surface area contributed by atoms with Crippen LogP contribution in [0.1, 0.15) is 25.6 Å². The van der Waals surface area contributed by atoms with Crippen LogP contribution in [0.4, 0.5) is 5.69 Å². The van der Waals surface area contributed by atoms with Crippen molar-refractivity contribution in [3.05, 3.63) is 64.8 Å².